The number of hydrogen-bond donors (Lipinski definition) is 2. The summed E-state index contributed by atoms with van der Waals surface area (Å²) < 4.78 is 10.4. The van der Waals surface area contributed by atoms with E-state index in [1.54, 1.807) is 24.3 Å². The molecule has 0 saturated heterocycles. The third-order valence-corrected chi connectivity index (χ3v) is 3.14. The van der Waals surface area contributed by atoms with E-state index in [-0.39, 0.29) is 23.5 Å². The molecule has 0 aromatic heterocycles. The summed E-state index contributed by atoms with van der Waals surface area (Å²) in [6.45, 7) is 0.161. The van der Waals surface area contributed by atoms with Gasteiger partial charge in [0.15, 0.2) is 11.5 Å². The van der Waals surface area contributed by atoms with E-state index in [9.17, 15) is 9.90 Å². The van der Waals surface area contributed by atoms with Gasteiger partial charge in [0.2, 0.25) is 6.79 Å². The molecule has 0 saturated carbocycles. The van der Waals surface area contributed by atoms with Crippen LogP contribution < -0.4 is 14.8 Å². The maximum Gasteiger partial charge on any atom is 0.255 e. The number of carbonyl (C=O) groups is 1. The second-order valence-corrected chi connectivity index (χ2v) is 4.60. The summed E-state index contributed by atoms with van der Waals surface area (Å²) in [4.78, 5) is 12.1. The van der Waals surface area contributed by atoms with Gasteiger partial charge >= 0.3 is 0 Å². The highest BCUT2D eigenvalue weighted by Crippen LogP contribution is 2.33. The number of anilines is 1. The first kappa shape index (κ1) is 12.6. The Morgan fingerprint density at radius 3 is 2.75 bits per heavy atom. The van der Waals surface area contributed by atoms with E-state index >= 15 is 0 Å². The number of benzene rings is 2. The summed E-state index contributed by atoms with van der Waals surface area (Å²) in [7, 11) is 0. The fourth-order valence-electron chi connectivity index (χ4n) is 1.83. The fraction of sp³-hybridized carbons (Fsp3) is 0.0714. The molecule has 5 nitrogen and oxygen atoms in total. The highest BCUT2D eigenvalue weighted by atomic mass is 35.5. The van der Waals surface area contributed by atoms with Crippen LogP contribution in [0.2, 0.25) is 5.02 Å². The van der Waals surface area contributed by atoms with Crippen LogP contribution in [0.4, 0.5) is 5.69 Å². The maximum absolute atomic E-state index is 12.1. The molecule has 0 bridgehead atoms. The van der Waals surface area contributed by atoms with E-state index in [0.29, 0.717) is 22.7 Å². The van der Waals surface area contributed by atoms with E-state index in [1.807, 2.05) is 0 Å². The molecule has 20 heavy (non-hydrogen) atoms. The maximum atomic E-state index is 12.1. The van der Waals surface area contributed by atoms with Crippen LogP contribution in [0.1, 0.15) is 10.4 Å². The van der Waals surface area contributed by atoms with Gasteiger partial charge in [-0.15, -0.1) is 0 Å². The van der Waals surface area contributed by atoms with Crippen molar-refractivity contribution < 1.29 is 19.4 Å². The molecule has 0 spiro atoms. The van der Waals surface area contributed by atoms with E-state index < -0.39 is 0 Å². The third-order valence-electron chi connectivity index (χ3n) is 2.84. The fourth-order valence-corrected chi connectivity index (χ4v) is 2.01. The highest BCUT2D eigenvalue weighted by molar-refractivity contribution is 6.32. The predicted molar refractivity (Wildman–Crippen MR) is 73.6 cm³/mol. The lowest BCUT2D eigenvalue weighted by Crippen LogP contribution is -2.11. The second-order valence-electron chi connectivity index (χ2n) is 4.19. The molecule has 2 N–H and O–H groups in total. The SMILES string of the molecule is O=C(Nc1ccc(O)c(Cl)c1)c1ccc2c(c1)OCO2. The number of halogens is 1. The van der Waals surface area contributed by atoms with Gasteiger partial charge in [0.1, 0.15) is 5.75 Å². The van der Waals surface area contributed by atoms with Crippen molar-refractivity contribution in [2.24, 2.45) is 0 Å². The van der Waals surface area contributed by atoms with Crippen LogP contribution in [-0.2, 0) is 0 Å². The molecule has 102 valence electrons. The third kappa shape index (κ3) is 2.35. The predicted octanol–water partition coefficient (Wildman–Crippen LogP) is 3.03. The first-order valence-electron chi connectivity index (χ1n) is 5.83. The highest BCUT2D eigenvalue weighted by Gasteiger charge is 2.16. The zero-order chi connectivity index (χ0) is 14.1. The van der Waals surface area contributed by atoms with Gasteiger partial charge in [-0.3, -0.25) is 4.79 Å². The van der Waals surface area contributed by atoms with Gasteiger partial charge in [-0.2, -0.15) is 0 Å². The van der Waals surface area contributed by atoms with Crippen molar-refractivity contribution >= 4 is 23.2 Å². The number of nitrogens with one attached hydrogen (secondary N) is 1. The van der Waals surface area contributed by atoms with E-state index in [4.69, 9.17) is 21.1 Å². The van der Waals surface area contributed by atoms with Crippen LogP contribution in [0.5, 0.6) is 17.2 Å². The largest absolute Gasteiger partial charge is 0.506 e. The number of amides is 1. The van der Waals surface area contributed by atoms with E-state index in [1.165, 1.54) is 12.1 Å². The summed E-state index contributed by atoms with van der Waals surface area (Å²) in [6, 6.07) is 9.39. The van der Waals surface area contributed by atoms with Gasteiger partial charge in [-0.05, 0) is 36.4 Å². The monoisotopic (exact) mass is 291 g/mol. The Balaban J connectivity index is 1.80. The van der Waals surface area contributed by atoms with Gasteiger partial charge in [0.25, 0.3) is 5.91 Å². The summed E-state index contributed by atoms with van der Waals surface area (Å²) >= 11 is 5.78. The lowest BCUT2D eigenvalue weighted by Gasteiger charge is -2.07. The van der Waals surface area contributed by atoms with Crippen LogP contribution in [0, 0.1) is 0 Å². The molecule has 1 aliphatic heterocycles. The molecule has 0 aliphatic carbocycles. The smallest absolute Gasteiger partial charge is 0.255 e. The van der Waals surface area contributed by atoms with Crippen LogP contribution in [0.3, 0.4) is 0 Å². The van der Waals surface area contributed by atoms with Crippen molar-refractivity contribution in [3.8, 4) is 17.2 Å². The Morgan fingerprint density at radius 1 is 1.15 bits per heavy atom. The Morgan fingerprint density at radius 2 is 1.95 bits per heavy atom. The summed E-state index contributed by atoms with van der Waals surface area (Å²) in [6.07, 6.45) is 0. The zero-order valence-corrected chi connectivity index (χ0v) is 11.0. The molecule has 0 unspecified atom stereocenters. The molecule has 0 fully saturated rings. The lowest BCUT2D eigenvalue weighted by atomic mass is 10.2. The lowest BCUT2D eigenvalue weighted by molar-refractivity contribution is 0.102. The average molecular weight is 292 g/mol. The Labute approximate surface area is 119 Å². The number of rotatable bonds is 2. The summed E-state index contributed by atoms with van der Waals surface area (Å²) in [5.41, 5.74) is 0.939. The molecule has 1 heterocycles. The summed E-state index contributed by atoms with van der Waals surface area (Å²) in [5, 5.41) is 12.2. The van der Waals surface area contributed by atoms with Crippen LogP contribution >= 0.6 is 11.6 Å². The first-order valence-corrected chi connectivity index (χ1v) is 6.21. The average Bonchev–Trinajstić information content (AvgIpc) is 2.90. The molecular weight excluding hydrogens is 282 g/mol. The quantitative estimate of drug-likeness (QED) is 0.835. The Kier molecular flexibility index (Phi) is 3.12. The molecule has 3 rings (SSSR count). The molecule has 1 aliphatic rings. The van der Waals surface area contributed by atoms with Gasteiger partial charge < -0.3 is 19.9 Å². The van der Waals surface area contributed by atoms with Crippen molar-refractivity contribution in [2.45, 2.75) is 0 Å². The molecule has 1 amide bonds. The molecule has 2 aromatic carbocycles. The number of phenolic OH excluding ortho intramolecular Hbond substituents is 1. The minimum atomic E-state index is -0.301. The second kappa shape index (κ2) is 4.94. The first-order chi connectivity index (χ1) is 9.63. The van der Waals surface area contributed by atoms with Crippen LogP contribution in [0.15, 0.2) is 36.4 Å². The number of carbonyl (C=O) groups excluding carboxylic acids is 1. The number of ether oxygens (including phenoxy) is 2. The van der Waals surface area contributed by atoms with Crippen molar-refractivity contribution in [2.75, 3.05) is 12.1 Å². The minimum absolute atomic E-state index is 0.0345. The number of aromatic hydroxyl groups is 1. The standard InChI is InChI=1S/C14H10ClNO4/c15-10-6-9(2-3-11(10)17)16-14(18)8-1-4-12-13(5-8)20-7-19-12/h1-6,17H,7H2,(H,16,18). The Hall–Kier alpha value is -2.40. The van der Waals surface area contributed by atoms with Crippen LogP contribution in [-0.4, -0.2) is 17.8 Å². The minimum Gasteiger partial charge on any atom is -0.506 e. The Bertz CT molecular complexity index is 687. The zero-order valence-electron chi connectivity index (χ0n) is 10.2. The van der Waals surface area contributed by atoms with Crippen molar-refractivity contribution in [3.05, 3.63) is 47.0 Å². The summed E-state index contributed by atoms with van der Waals surface area (Å²) in [5.74, 6) is 0.827. The van der Waals surface area contributed by atoms with Gasteiger partial charge in [-0.1, -0.05) is 11.6 Å². The van der Waals surface area contributed by atoms with Gasteiger partial charge in [-0.25, -0.2) is 0 Å². The molecular formula is C14H10ClNO4. The number of phenols is 1. The molecule has 0 atom stereocenters. The van der Waals surface area contributed by atoms with Gasteiger partial charge in [0, 0.05) is 11.3 Å². The van der Waals surface area contributed by atoms with Crippen molar-refractivity contribution in [1.29, 1.82) is 0 Å². The van der Waals surface area contributed by atoms with E-state index in [0.717, 1.165) is 0 Å². The van der Waals surface area contributed by atoms with Crippen LogP contribution in [0.25, 0.3) is 0 Å². The van der Waals surface area contributed by atoms with Crippen molar-refractivity contribution in [3.63, 3.8) is 0 Å². The molecule has 6 heteroatoms. The van der Waals surface area contributed by atoms with E-state index in [2.05, 4.69) is 5.32 Å². The van der Waals surface area contributed by atoms with Crippen molar-refractivity contribution in [1.82, 2.24) is 0 Å². The number of hydrogen-bond acceptors (Lipinski definition) is 4. The number of fused-ring (bicyclic) bond motifs is 1. The molecule has 0 radical (unpaired) electrons. The topological polar surface area (TPSA) is 67.8 Å². The normalized spacial score (nSPS) is 12.2. The molecule has 2 aromatic rings. The van der Waals surface area contributed by atoms with Gasteiger partial charge in [0.05, 0.1) is 5.02 Å².